The van der Waals surface area contributed by atoms with E-state index in [1.54, 1.807) is 16.2 Å². The zero-order chi connectivity index (χ0) is 17.8. The van der Waals surface area contributed by atoms with Crippen LogP contribution in [-0.4, -0.2) is 41.0 Å². The van der Waals surface area contributed by atoms with Crippen molar-refractivity contribution in [3.8, 4) is 0 Å². The molecule has 2 aromatic rings. The van der Waals surface area contributed by atoms with Gasteiger partial charge in [-0.15, -0.1) is 11.3 Å². The second-order valence-electron chi connectivity index (χ2n) is 6.45. The lowest BCUT2D eigenvalue weighted by Crippen LogP contribution is -2.52. The molecule has 1 saturated heterocycles. The third kappa shape index (κ3) is 4.15. The topological polar surface area (TPSA) is 76.3 Å². The summed E-state index contributed by atoms with van der Waals surface area (Å²) in [5.74, 6) is -0.463. The Morgan fingerprint density at radius 3 is 2.88 bits per heavy atom. The van der Waals surface area contributed by atoms with Crippen LogP contribution in [0.2, 0.25) is 0 Å². The van der Waals surface area contributed by atoms with Crippen LogP contribution in [0.15, 0.2) is 24.3 Å². The average Bonchev–Trinajstić information content (AvgIpc) is 3.03. The lowest BCUT2D eigenvalue weighted by atomic mass is 9.88. The first-order chi connectivity index (χ1) is 12.1. The van der Waals surface area contributed by atoms with Crippen molar-refractivity contribution in [3.05, 3.63) is 29.3 Å². The van der Waals surface area contributed by atoms with Crippen LogP contribution in [0.3, 0.4) is 0 Å². The van der Waals surface area contributed by atoms with Gasteiger partial charge >= 0.3 is 0 Å². The standard InChI is InChI=1S/C18H22FN3O2S/c19-9-7-12-8-10-22(14(11-12)18(20)24)17(23)6-5-16-21-13-3-1-2-4-15(13)25-16/h1-4,12,14H,5-11H2,(H2,20,24)/t12?,14-/m0/s1. The fourth-order valence-corrected chi connectivity index (χ4v) is 4.37. The fourth-order valence-electron chi connectivity index (χ4n) is 3.41. The first-order valence-electron chi connectivity index (χ1n) is 8.57. The molecule has 134 valence electrons. The lowest BCUT2D eigenvalue weighted by Gasteiger charge is -2.37. The number of nitrogens with two attached hydrogens (primary N) is 1. The van der Waals surface area contributed by atoms with Crippen molar-refractivity contribution in [3.63, 3.8) is 0 Å². The van der Waals surface area contributed by atoms with Crippen LogP contribution in [0.1, 0.15) is 30.7 Å². The van der Waals surface area contributed by atoms with Crippen LogP contribution in [0.5, 0.6) is 0 Å². The van der Waals surface area contributed by atoms with Crippen LogP contribution in [-0.2, 0) is 16.0 Å². The monoisotopic (exact) mass is 363 g/mol. The number of nitrogens with zero attached hydrogens (tertiary/aromatic N) is 2. The van der Waals surface area contributed by atoms with Gasteiger partial charge in [-0.2, -0.15) is 0 Å². The summed E-state index contributed by atoms with van der Waals surface area (Å²) in [6.45, 7) is 0.0681. The molecule has 5 nitrogen and oxygen atoms in total. The Labute approximate surface area is 150 Å². The summed E-state index contributed by atoms with van der Waals surface area (Å²) in [5.41, 5.74) is 6.42. The molecule has 1 aromatic carbocycles. The number of hydrogen-bond acceptors (Lipinski definition) is 4. The number of primary amides is 1. The maximum atomic E-state index is 12.6. The van der Waals surface area contributed by atoms with Crippen molar-refractivity contribution in [2.24, 2.45) is 11.7 Å². The second kappa shape index (κ2) is 7.91. The number of carbonyl (C=O) groups is 2. The molecule has 3 rings (SSSR count). The number of halogens is 1. The molecule has 0 bridgehead atoms. The number of fused-ring (bicyclic) bond motifs is 1. The fraction of sp³-hybridized carbons (Fsp3) is 0.500. The zero-order valence-electron chi connectivity index (χ0n) is 14.0. The molecule has 0 aliphatic carbocycles. The molecule has 1 fully saturated rings. The minimum Gasteiger partial charge on any atom is -0.368 e. The van der Waals surface area contributed by atoms with Gasteiger partial charge in [0.1, 0.15) is 6.04 Å². The Morgan fingerprint density at radius 2 is 2.16 bits per heavy atom. The van der Waals surface area contributed by atoms with Gasteiger partial charge in [0.2, 0.25) is 11.8 Å². The maximum absolute atomic E-state index is 12.6. The Bertz CT molecular complexity index is 731. The summed E-state index contributed by atoms with van der Waals surface area (Å²) >= 11 is 1.58. The van der Waals surface area contributed by atoms with Crippen LogP contribution < -0.4 is 5.73 Å². The van der Waals surface area contributed by atoms with Gasteiger partial charge in [-0.1, -0.05) is 12.1 Å². The predicted molar refractivity (Wildman–Crippen MR) is 96.0 cm³/mol. The maximum Gasteiger partial charge on any atom is 0.240 e. The Hall–Kier alpha value is -2.02. The Balaban J connectivity index is 1.62. The van der Waals surface area contributed by atoms with E-state index in [2.05, 4.69) is 4.98 Å². The normalized spacial score (nSPS) is 20.8. The number of aryl methyl sites for hydroxylation is 1. The third-order valence-electron chi connectivity index (χ3n) is 4.77. The number of likely N-dealkylation sites (tertiary alicyclic amines) is 1. The first kappa shape index (κ1) is 17.8. The van der Waals surface area contributed by atoms with Gasteiger partial charge in [0.25, 0.3) is 0 Å². The van der Waals surface area contributed by atoms with Crippen LogP contribution in [0.4, 0.5) is 4.39 Å². The molecule has 1 unspecified atom stereocenters. The SMILES string of the molecule is NC(=O)[C@@H]1CC(CCF)CCN1C(=O)CCc1nc2ccccc2s1. The van der Waals surface area contributed by atoms with Gasteiger partial charge in [-0.25, -0.2) is 4.98 Å². The van der Waals surface area contributed by atoms with Crippen molar-refractivity contribution in [2.75, 3.05) is 13.2 Å². The summed E-state index contributed by atoms with van der Waals surface area (Å²) in [6, 6.07) is 7.26. The molecule has 2 heterocycles. The van der Waals surface area contributed by atoms with Crippen molar-refractivity contribution >= 4 is 33.4 Å². The molecular weight excluding hydrogens is 341 g/mol. The molecule has 25 heavy (non-hydrogen) atoms. The van der Waals surface area contributed by atoms with Crippen LogP contribution >= 0.6 is 11.3 Å². The molecule has 7 heteroatoms. The molecule has 2 atom stereocenters. The minimum absolute atomic E-state index is 0.0817. The number of benzene rings is 1. The van der Waals surface area contributed by atoms with E-state index in [1.807, 2.05) is 24.3 Å². The van der Waals surface area contributed by atoms with E-state index >= 15 is 0 Å². The Morgan fingerprint density at radius 1 is 1.36 bits per heavy atom. The van der Waals surface area contributed by atoms with E-state index in [0.717, 1.165) is 21.6 Å². The van der Waals surface area contributed by atoms with E-state index in [0.29, 0.717) is 32.2 Å². The largest absolute Gasteiger partial charge is 0.368 e. The second-order valence-corrected chi connectivity index (χ2v) is 7.56. The zero-order valence-corrected chi connectivity index (χ0v) is 14.8. The van der Waals surface area contributed by atoms with E-state index in [1.165, 1.54) is 0 Å². The van der Waals surface area contributed by atoms with Gasteiger partial charge in [0.05, 0.1) is 21.9 Å². The summed E-state index contributed by atoms with van der Waals surface area (Å²) in [6.07, 6.45) is 2.47. The van der Waals surface area contributed by atoms with Gasteiger partial charge in [0, 0.05) is 19.4 Å². The van der Waals surface area contributed by atoms with Gasteiger partial charge < -0.3 is 10.6 Å². The van der Waals surface area contributed by atoms with Crippen molar-refractivity contribution in [2.45, 2.75) is 38.1 Å². The number of amides is 2. The minimum atomic E-state index is -0.617. The van der Waals surface area contributed by atoms with E-state index in [-0.39, 0.29) is 11.8 Å². The van der Waals surface area contributed by atoms with Gasteiger partial charge in [0.15, 0.2) is 0 Å². The molecule has 0 saturated carbocycles. The van der Waals surface area contributed by atoms with E-state index in [4.69, 9.17) is 5.73 Å². The van der Waals surface area contributed by atoms with Crippen LogP contribution in [0.25, 0.3) is 10.2 Å². The highest BCUT2D eigenvalue weighted by molar-refractivity contribution is 7.18. The first-order valence-corrected chi connectivity index (χ1v) is 9.39. The number of carbonyl (C=O) groups excluding carboxylic acids is 2. The number of para-hydroxylation sites is 1. The molecule has 1 aliphatic rings. The molecule has 1 aliphatic heterocycles. The third-order valence-corrected chi connectivity index (χ3v) is 5.86. The number of alkyl halides is 1. The number of aromatic nitrogens is 1. The lowest BCUT2D eigenvalue weighted by molar-refractivity contribution is -0.142. The van der Waals surface area contributed by atoms with Crippen LogP contribution in [0, 0.1) is 5.92 Å². The quantitative estimate of drug-likeness (QED) is 0.857. The summed E-state index contributed by atoms with van der Waals surface area (Å²) in [5, 5.41) is 0.914. The Kier molecular flexibility index (Phi) is 5.63. The number of rotatable bonds is 6. The average molecular weight is 363 g/mol. The highest BCUT2D eigenvalue weighted by Crippen LogP contribution is 2.27. The molecular formula is C18H22FN3O2S. The highest BCUT2D eigenvalue weighted by Gasteiger charge is 2.34. The van der Waals surface area contributed by atoms with Gasteiger partial charge in [-0.05, 0) is 37.3 Å². The summed E-state index contributed by atoms with van der Waals surface area (Å²) in [4.78, 5) is 30.4. The summed E-state index contributed by atoms with van der Waals surface area (Å²) in [7, 11) is 0. The predicted octanol–water partition coefficient (Wildman–Crippen LogP) is 2.68. The van der Waals surface area contributed by atoms with Crippen molar-refractivity contribution in [1.82, 2.24) is 9.88 Å². The van der Waals surface area contributed by atoms with Crippen molar-refractivity contribution in [1.29, 1.82) is 0 Å². The molecule has 0 spiro atoms. The molecule has 2 N–H and O–H groups in total. The number of hydrogen-bond donors (Lipinski definition) is 1. The van der Waals surface area contributed by atoms with Gasteiger partial charge in [-0.3, -0.25) is 14.0 Å². The number of piperidine rings is 1. The number of thiazole rings is 1. The van der Waals surface area contributed by atoms with Crippen molar-refractivity contribution < 1.29 is 14.0 Å². The molecule has 2 amide bonds. The molecule has 1 aromatic heterocycles. The molecule has 0 radical (unpaired) electrons. The summed E-state index contributed by atoms with van der Waals surface area (Å²) < 4.78 is 13.7. The van der Waals surface area contributed by atoms with E-state index in [9.17, 15) is 14.0 Å². The highest BCUT2D eigenvalue weighted by atomic mass is 32.1. The van der Waals surface area contributed by atoms with E-state index < -0.39 is 18.6 Å². The smallest absolute Gasteiger partial charge is 0.240 e.